The number of sulfone groups is 1. The van der Waals surface area contributed by atoms with Crippen LogP contribution in [0.15, 0.2) is 23.2 Å². The summed E-state index contributed by atoms with van der Waals surface area (Å²) in [6.45, 7) is 8.07. The van der Waals surface area contributed by atoms with Gasteiger partial charge in [-0.05, 0) is 30.4 Å². The number of benzene rings is 1. The first-order valence-electron chi connectivity index (χ1n) is 9.70. The zero-order chi connectivity index (χ0) is 19.8. The Morgan fingerprint density at radius 1 is 1.22 bits per heavy atom. The number of carbonyl (C=O) groups is 1. The van der Waals surface area contributed by atoms with Crippen molar-refractivity contribution in [2.45, 2.75) is 58.2 Å². The van der Waals surface area contributed by atoms with Crippen LogP contribution in [0.25, 0.3) is 0 Å². The SMILES string of the molecule is CCc1cccc(CC)c1N1C(=NC(=O)C(C)CC)SC2CS(=O)(=O)CC21. The van der Waals surface area contributed by atoms with Gasteiger partial charge in [0.15, 0.2) is 15.0 Å². The summed E-state index contributed by atoms with van der Waals surface area (Å²) in [4.78, 5) is 19.0. The fourth-order valence-corrected chi connectivity index (χ4v) is 7.63. The molecule has 2 heterocycles. The van der Waals surface area contributed by atoms with Crippen molar-refractivity contribution < 1.29 is 13.2 Å². The van der Waals surface area contributed by atoms with Gasteiger partial charge in [0.25, 0.3) is 5.91 Å². The second-order valence-electron chi connectivity index (χ2n) is 7.34. The largest absolute Gasteiger partial charge is 0.315 e. The van der Waals surface area contributed by atoms with Gasteiger partial charge in [0.2, 0.25) is 0 Å². The third-order valence-corrected chi connectivity index (χ3v) is 8.72. The Morgan fingerprint density at radius 2 is 1.85 bits per heavy atom. The molecule has 0 aliphatic carbocycles. The van der Waals surface area contributed by atoms with Crippen molar-refractivity contribution in [1.82, 2.24) is 0 Å². The van der Waals surface area contributed by atoms with Gasteiger partial charge in [0, 0.05) is 16.9 Å². The number of amidine groups is 1. The molecule has 1 amide bonds. The van der Waals surface area contributed by atoms with Crippen LogP contribution in [-0.2, 0) is 27.5 Å². The number of hydrogen-bond donors (Lipinski definition) is 0. The third kappa shape index (κ3) is 3.94. The minimum atomic E-state index is -3.06. The number of aliphatic imine (C=N–C) groups is 1. The number of anilines is 1. The van der Waals surface area contributed by atoms with E-state index in [1.807, 2.05) is 19.9 Å². The lowest BCUT2D eigenvalue weighted by Gasteiger charge is -2.29. The number of hydrogen-bond acceptors (Lipinski definition) is 4. The van der Waals surface area contributed by atoms with Crippen LogP contribution in [0, 0.1) is 5.92 Å². The average Bonchev–Trinajstić information content (AvgIpc) is 3.10. The molecule has 0 bridgehead atoms. The highest BCUT2D eigenvalue weighted by molar-refractivity contribution is 8.16. The monoisotopic (exact) mass is 408 g/mol. The lowest BCUT2D eigenvalue weighted by molar-refractivity contribution is -0.121. The second-order valence-corrected chi connectivity index (χ2v) is 10.7. The first-order chi connectivity index (χ1) is 12.8. The van der Waals surface area contributed by atoms with Gasteiger partial charge in [-0.15, -0.1) is 0 Å². The van der Waals surface area contributed by atoms with Crippen LogP contribution in [0.3, 0.4) is 0 Å². The van der Waals surface area contributed by atoms with E-state index >= 15 is 0 Å². The van der Waals surface area contributed by atoms with Crippen LogP contribution in [-0.4, -0.2) is 42.3 Å². The maximum Gasteiger partial charge on any atom is 0.250 e. The normalized spacial score (nSPS) is 26.4. The lowest BCUT2D eigenvalue weighted by atomic mass is 10.0. The fraction of sp³-hybridized carbons (Fsp3) is 0.600. The van der Waals surface area contributed by atoms with Crippen molar-refractivity contribution >= 4 is 38.4 Å². The number of carbonyl (C=O) groups excluding carboxylic acids is 1. The Balaban J connectivity index is 2.12. The molecular weight excluding hydrogens is 380 g/mol. The summed E-state index contributed by atoms with van der Waals surface area (Å²) in [5.74, 6) is 0.0316. The van der Waals surface area contributed by atoms with Gasteiger partial charge < -0.3 is 4.90 Å². The summed E-state index contributed by atoms with van der Waals surface area (Å²) >= 11 is 1.46. The number of rotatable bonds is 5. The molecule has 0 saturated carbocycles. The maximum atomic E-state index is 12.5. The molecule has 3 rings (SSSR count). The molecule has 7 heteroatoms. The van der Waals surface area contributed by atoms with Gasteiger partial charge in [-0.25, -0.2) is 8.42 Å². The number of amides is 1. The van der Waals surface area contributed by atoms with Crippen molar-refractivity contribution in [3.8, 4) is 0 Å². The quantitative estimate of drug-likeness (QED) is 0.746. The predicted molar refractivity (Wildman–Crippen MR) is 113 cm³/mol. The van der Waals surface area contributed by atoms with Crippen LogP contribution in [0.2, 0.25) is 0 Å². The number of nitrogens with zero attached hydrogens (tertiary/aromatic N) is 2. The highest BCUT2D eigenvalue weighted by atomic mass is 32.2. The summed E-state index contributed by atoms with van der Waals surface area (Å²) in [6.07, 6.45) is 2.44. The highest BCUT2D eigenvalue weighted by Gasteiger charge is 2.50. The van der Waals surface area contributed by atoms with Crippen molar-refractivity contribution in [2.75, 3.05) is 16.4 Å². The third-order valence-electron chi connectivity index (χ3n) is 5.51. The summed E-state index contributed by atoms with van der Waals surface area (Å²) in [7, 11) is -3.06. The zero-order valence-electron chi connectivity index (χ0n) is 16.4. The van der Waals surface area contributed by atoms with Crippen LogP contribution in [0.5, 0.6) is 0 Å². The van der Waals surface area contributed by atoms with Gasteiger partial charge in [-0.1, -0.05) is 57.7 Å². The van der Waals surface area contributed by atoms with Crippen LogP contribution in [0.4, 0.5) is 5.69 Å². The standard InChI is InChI=1S/C20H28N2O3S2/c1-5-13(4)19(23)21-20-22(16-11-27(24,25)12-17(16)26-20)18-14(6-2)9-8-10-15(18)7-3/h8-10,13,16-17H,5-7,11-12H2,1-4H3. The first-order valence-corrected chi connectivity index (χ1v) is 12.4. The minimum absolute atomic E-state index is 0.0619. The molecule has 3 unspecified atom stereocenters. The smallest absolute Gasteiger partial charge is 0.250 e. The molecule has 0 spiro atoms. The molecule has 2 fully saturated rings. The fourth-order valence-electron chi connectivity index (χ4n) is 3.73. The molecule has 0 radical (unpaired) electrons. The van der Waals surface area contributed by atoms with Crippen molar-refractivity contribution in [2.24, 2.45) is 10.9 Å². The topological polar surface area (TPSA) is 66.8 Å². The molecule has 2 aliphatic heterocycles. The Kier molecular flexibility index (Phi) is 6.01. The van der Waals surface area contributed by atoms with Crippen LogP contribution >= 0.6 is 11.8 Å². The molecule has 0 N–H and O–H groups in total. The average molecular weight is 409 g/mol. The van der Waals surface area contributed by atoms with Crippen LogP contribution in [0.1, 0.15) is 45.2 Å². The Hall–Kier alpha value is -1.34. The lowest BCUT2D eigenvalue weighted by Crippen LogP contribution is -2.39. The number of para-hydroxylation sites is 1. The van der Waals surface area contributed by atoms with Gasteiger partial charge >= 0.3 is 0 Å². The molecule has 27 heavy (non-hydrogen) atoms. The van der Waals surface area contributed by atoms with Gasteiger partial charge in [-0.2, -0.15) is 4.99 Å². The first kappa shape index (κ1) is 20.4. The minimum Gasteiger partial charge on any atom is -0.315 e. The van der Waals surface area contributed by atoms with Crippen molar-refractivity contribution in [3.63, 3.8) is 0 Å². The molecule has 3 atom stereocenters. The molecular formula is C20H28N2O3S2. The summed E-state index contributed by atoms with van der Waals surface area (Å²) < 4.78 is 24.5. The Bertz CT molecular complexity index is 842. The maximum absolute atomic E-state index is 12.5. The van der Waals surface area contributed by atoms with Crippen molar-refractivity contribution in [1.29, 1.82) is 0 Å². The summed E-state index contributed by atoms with van der Waals surface area (Å²) in [5, 5.41) is 0.605. The van der Waals surface area contributed by atoms with Gasteiger partial charge in [0.05, 0.1) is 17.5 Å². The molecule has 148 valence electrons. The molecule has 1 aromatic carbocycles. The van der Waals surface area contributed by atoms with Crippen LogP contribution < -0.4 is 4.90 Å². The highest BCUT2D eigenvalue weighted by Crippen LogP contribution is 2.43. The van der Waals surface area contributed by atoms with E-state index in [2.05, 4.69) is 35.9 Å². The van der Waals surface area contributed by atoms with E-state index in [-0.39, 0.29) is 34.6 Å². The summed E-state index contributed by atoms with van der Waals surface area (Å²) in [5.41, 5.74) is 3.39. The van der Waals surface area contributed by atoms with Gasteiger partial charge in [-0.3, -0.25) is 4.79 Å². The molecule has 5 nitrogen and oxygen atoms in total. The molecule has 0 aromatic heterocycles. The van der Waals surface area contributed by atoms with E-state index in [0.717, 1.165) is 24.9 Å². The van der Waals surface area contributed by atoms with Gasteiger partial charge in [0.1, 0.15) is 0 Å². The number of thioether (sulfide) groups is 1. The number of aryl methyl sites for hydroxylation is 2. The zero-order valence-corrected chi connectivity index (χ0v) is 18.1. The Morgan fingerprint density at radius 3 is 2.41 bits per heavy atom. The van der Waals surface area contributed by atoms with E-state index in [9.17, 15) is 13.2 Å². The molecule has 1 aromatic rings. The van der Waals surface area contributed by atoms with E-state index < -0.39 is 9.84 Å². The van der Waals surface area contributed by atoms with E-state index in [4.69, 9.17) is 0 Å². The van der Waals surface area contributed by atoms with Crippen molar-refractivity contribution in [3.05, 3.63) is 29.3 Å². The second kappa shape index (κ2) is 7.95. The summed E-state index contributed by atoms with van der Waals surface area (Å²) in [6, 6.07) is 6.07. The van der Waals surface area contributed by atoms with E-state index in [1.54, 1.807) is 0 Å². The molecule has 2 aliphatic rings. The van der Waals surface area contributed by atoms with E-state index in [0.29, 0.717) is 5.17 Å². The predicted octanol–water partition coefficient (Wildman–Crippen LogP) is 3.46. The molecule has 2 saturated heterocycles. The Labute approximate surface area is 166 Å². The number of fused-ring (bicyclic) bond motifs is 1. The van der Waals surface area contributed by atoms with E-state index in [1.165, 1.54) is 22.9 Å².